The first kappa shape index (κ1) is 19.1. The van der Waals surface area contributed by atoms with Crippen LogP contribution in [0.2, 0.25) is 5.02 Å². The Kier molecular flexibility index (Phi) is 6.27. The normalized spacial score (nSPS) is 13.8. The molecule has 0 unspecified atom stereocenters. The van der Waals surface area contributed by atoms with E-state index < -0.39 is 11.8 Å². The maximum absolute atomic E-state index is 12.0. The number of halogens is 1. The molecule has 134 valence electrons. The van der Waals surface area contributed by atoms with Crippen molar-refractivity contribution in [3.63, 3.8) is 0 Å². The molecule has 4 amide bonds. The zero-order chi connectivity index (χ0) is 18.6. The van der Waals surface area contributed by atoms with Gasteiger partial charge in [0.05, 0.1) is 18.6 Å². The van der Waals surface area contributed by atoms with Crippen LogP contribution in [0.5, 0.6) is 5.75 Å². The van der Waals surface area contributed by atoms with E-state index >= 15 is 0 Å². The van der Waals surface area contributed by atoms with Crippen molar-refractivity contribution in [2.75, 3.05) is 31.3 Å². The SMILES string of the molecule is COc1cc(Cl)c(C)cc1NC(=O)C(=O)NCCN1C(=O)CSC1=O. The van der Waals surface area contributed by atoms with Crippen LogP contribution in [0.1, 0.15) is 5.56 Å². The first-order chi connectivity index (χ1) is 11.8. The number of imide groups is 1. The van der Waals surface area contributed by atoms with Crippen molar-refractivity contribution < 1.29 is 23.9 Å². The van der Waals surface area contributed by atoms with Crippen molar-refractivity contribution in [1.29, 1.82) is 0 Å². The molecule has 2 rings (SSSR count). The Morgan fingerprint density at radius 2 is 2.04 bits per heavy atom. The summed E-state index contributed by atoms with van der Waals surface area (Å²) in [6, 6.07) is 3.12. The highest BCUT2D eigenvalue weighted by molar-refractivity contribution is 8.14. The Labute approximate surface area is 153 Å². The van der Waals surface area contributed by atoms with E-state index in [2.05, 4.69) is 10.6 Å². The summed E-state index contributed by atoms with van der Waals surface area (Å²) in [6.07, 6.45) is 0. The van der Waals surface area contributed by atoms with Crippen molar-refractivity contribution in [2.45, 2.75) is 6.92 Å². The highest BCUT2D eigenvalue weighted by atomic mass is 35.5. The summed E-state index contributed by atoms with van der Waals surface area (Å²) < 4.78 is 5.12. The van der Waals surface area contributed by atoms with Crippen LogP contribution in [0.25, 0.3) is 0 Å². The van der Waals surface area contributed by atoms with Gasteiger partial charge in [-0.05, 0) is 18.6 Å². The Morgan fingerprint density at radius 3 is 2.64 bits per heavy atom. The smallest absolute Gasteiger partial charge is 0.313 e. The van der Waals surface area contributed by atoms with Crippen molar-refractivity contribution in [3.05, 3.63) is 22.7 Å². The van der Waals surface area contributed by atoms with Crippen molar-refractivity contribution >= 4 is 52.0 Å². The molecular weight excluding hydrogens is 370 g/mol. The average Bonchev–Trinajstić information content (AvgIpc) is 2.89. The second-order valence-electron chi connectivity index (χ2n) is 5.11. The molecule has 0 radical (unpaired) electrons. The van der Waals surface area contributed by atoms with Gasteiger partial charge in [0.2, 0.25) is 5.91 Å². The number of thioether (sulfide) groups is 1. The first-order valence-electron chi connectivity index (χ1n) is 7.24. The molecule has 1 aliphatic heterocycles. The molecule has 1 aromatic carbocycles. The number of benzene rings is 1. The lowest BCUT2D eigenvalue weighted by atomic mass is 10.2. The van der Waals surface area contributed by atoms with Crippen LogP contribution in [0.15, 0.2) is 12.1 Å². The molecule has 1 fully saturated rings. The van der Waals surface area contributed by atoms with Gasteiger partial charge in [0, 0.05) is 24.2 Å². The number of carbonyl (C=O) groups excluding carboxylic acids is 4. The van der Waals surface area contributed by atoms with Gasteiger partial charge in [-0.1, -0.05) is 23.4 Å². The maximum atomic E-state index is 12.0. The third-order valence-electron chi connectivity index (χ3n) is 3.40. The van der Waals surface area contributed by atoms with E-state index in [-0.39, 0.29) is 30.0 Å². The molecule has 0 aliphatic carbocycles. The molecule has 0 spiro atoms. The fourth-order valence-corrected chi connectivity index (χ4v) is 2.97. The number of aryl methyl sites for hydroxylation is 1. The Bertz CT molecular complexity index is 724. The highest BCUT2D eigenvalue weighted by Crippen LogP contribution is 2.30. The number of anilines is 1. The number of rotatable bonds is 5. The number of nitrogens with one attached hydrogen (secondary N) is 2. The molecule has 1 heterocycles. The van der Waals surface area contributed by atoms with Gasteiger partial charge in [0.1, 0.15) is 5.75 Å². The third kappa shape index (κ3) is 4.64. The fraction of sp³-hybridized carbons (Fsp3) is 0.333. The second kappa shape index (κ2) is 8.21. The Hall–Kier alpha value is -2.26. The molecule has 8 nitrogen and oxygen atoms in total. The van der Waals surface area contributed by atoms with Crippen molar-refractivity contribution in [1.82, 2.24) is 10.2 Å². The number of hydrogen-bond donors (Lipinski definition) is 2. The lowest BCUT2D eigenvalue weighted by molar-refractivity contribution is -0.136. The summed E-state index contributed by atoms with van der Waals surface area (Å²) in [4.78, 5) is 47.7. The summed E-state index contributed by atoms with van der Waals surface area (Å²) in [5.74, 6) is -1.67. The van der Waals surface area contributed by atoms with Gasteiger partial charge < -0.3 is 15.4 Å². The fourth-order valence-electron chi connectivity index (χ4n) is 2.07. The van der Waals surface area contributed by atoms with Crippen LogP contribution < -0.4 is 15.4 Å². The van der Waals surface area contributed by atoms with E-state index in [1.807, 2.05) is 0 Å². The number of amides is 4. The van der Waals surface area contributed by atoms with Gasteiger partial charge in [0.15, 0.2) is 0 Å². The van der Waals surface area contributed by atoms with E-state index in [4.69, 9.17) is 16.3 Å². The first-order valence-corrected chi connectivity index (χ1v) is 8.60. The maximum Gasteiger partial charge on any atom is 0.313 e. The monoisotopic (exact) mass is 385 g/mol. The zero-order valence-corrected chi connectivity index (χ0v) is 15.1. The second-order valence-corrected chi connectivity index (χ2v) is 6.45. The van der Waals surface area contributed by atoms with E-state index in [9.17, 15) is 19.2 Å². The summed E-state index contributed by atoms with van der Waals surface area (Å²) in [5, 5.41) is 4.91. The van der Waals surface area contributed by atoms with Gasteiger partial charge >= 0.3 is 11.8 Å². The topological polar surface area (TPSA) is 105 Å². The van der Waals surface area contributed by atoms with Gasteiger partial charge in [-0.15, -0.1) is 0 Å². The lowest BCUT2D eigenvalue weighted by Crippen LogP contribution is -2.41. The molecule has 1 saturated heterocycles. The molecule has 1 aliphatic rings. The standard InChI is InChI=1S/C15H16ClN3O5S/c1-8-5-10(11(24-2)6-9(8)16)18-14(22)13(21)17-3-4-19-12(20)7-25-15(19)23/h5-6H,3-4,7H2,1-2H3,(H,17,21)(H,18,22). The molecule has 1 aromatic rings. The summed E-state index contributed by atoms with van der Waals surface area (Å²) in [5.41, 5.74) is 1.02. The van der Waals surface area contributed by atoms with Crippen molar-refractivity contribution in [2.24, 2.45) is 0 Å². The lowest BCUT2D eigenvalue weighted by Gasteiger charge is -2.14. The number of ether oxygens (including phenoxy) is 1. The van der Waals surface area contributed by atoms with E-state index in [1.54, 1.807) is 13.0 Å². The van der Waals surface area contributed by atoms with Crippen LogP contribution in [0.3, 0.4) is 0 Å². The number of methoxy groups -OCH3 is 1. The molecular formula is C15H16ClN3O5S. The predicted octanol–water partition coefficient (Wildman–Crippen LogP) is 1.41. The Balaban J connectivity index is 1.90. The highest BCUT2D eigenvalue weighted by Gasteiger charge is 2.29. The average molecular weight is 386 g/mol. The molecule has 0 saturated carbocycles. The van der Waals surface area contributed by atoms with E-state index in [1.165, 1.54) is 13.2 Å². The van der Waals surface area contributed by atoms with Crippen molar-refractivity contribution in [3.8, 4) is 5.75 Å². The Morgan fingerprint density at radius 1 is 1.32 bits per heavy atom. The van der Waals surface area contributed by atoms with Crippen LogP contribution in [-0.4, -0.2) is 53.8 Å². The molecule has 0 atom stereocenters. The van der Waals surface area contributed by atoms with Crippen LogP contribution in [0.4, 0.5) is 10.5 Å². The van der Waals surface area contributed by atoms with Gasteiger partial charge in [0.25, 0.3) is 5.24 Å². The number of nitrogens with zero attached hydrogens (tertiary/aromatic N) is 1. The van der Waals surface area contributed by atoms with E-state index in [0.29, 0.717) is 22.0 Å². The summed E-state index contributed by atoms with van der Waals surface area (Å²) >= 11 is 6.89. The van der Waals surface area contributed by atoms with Gasteiger partial charge in [-0.25, -0.2) is 0 Å². The number of carbonyl (C=O) groups is 4. The van der Waals surface area contributed by atoms with Gasteiger partial charge in [-0.3, -0.25) is 24.1 Å². The zero-order valence-electron chi connectivity index (χ0n) is 13.6. The molecule has 10 heteroatoms. The van der Waals surface area contributed by atoms with E-state index in [0.717, 1.165) is 16.7 Å². The number of hydrogen-bond acceptors (Lipinski definition) is 6. The molecule has 25 heavy (non-hydrogen) atoms. The molecule has 0 aromatic heterocycles. The summed E-state index contributed by atoms with van der Waals surface area (Å²) in [7, 11) is 1.42. The third-order valence-corrected chi connectivity index (χ3v) is 4.66. The summed E-state index contributed by atoms with van der Waals surface area (Å²) in [6.45, 7) is 1.76. The van der Waals surface area contributed by atoms with Crippen LogP contribution >= 0.6 is 23.4 Å². The van der Waals surface area contributed by atoms with Gasteiger partial charge in [-0.2, -0.15) is 0 Å². The predicted molar refractivity (Wildman–Crippen MR) is 93.9 cm³/mol. The molecule has 2 N–H and O–H groups in total. The van der Waals surface area contributed by atoms with Crippen LogP contribution in [-0.2, 0) is 14.4 Å². The minimum absolute atomic E-state index is 0.0128. The minimum atomic E-state index is -0.895. The quantitative estimate of drug-likeness (QED) is 0.742. The largest absolute Gasteiger partial charge is 0.495 e. The molecule has 0 bridgehead atoms. The minimum Gasteiger partial charge on any atom is -0.495 e. The van der Waals surface area contributed by atoms with Crippen LogP contribution in [0, 0.1) is 6.92 Å².